The topological polar surface area (TPSA) is 72.4 Å². The highest BCUT2D eigenvalue weighted by molar-refractivity contribution is 4.87. The Kier molecular flexibility index (Phi) is 3.24. The molecule has 2 N–H and O–H groups in total. The Bertz CT molecular complexity index is 155. The van der Waals surface area contributed by atoms with Crippen LogP contribution in [0.3, 0.4) is 0 Å². The summed E-state index contributed by atoms with van der Waals surface area (Å²) >= 11 is 0. The Hall–Kier alpha value is -1.26. The number of nitrogens with zero attached hydrogens (tertiary/aromatic N) is 2. The van der Waals surface area contributed by atoms with Gasteiger partial charge < -0.3 is 10.6 Å². The summed E-state index contributed by atoms with van der Waals surface area (Å²) in [5, 5.41) is 9.85. The van der Waals surface area contributed by atoms with Gasteiger partial charge in [-0.2, -0.15) is 0 Å². The Morgan fingerprint density at radius 2 is 2.40 bits per heavy atom. The van der Waals surface area contributed by atoms with Crippen molar-refractivity contribution in [2.45, 2.75) is 6.92 Å². The third-order valence-corrected chi connectivity index (χ3v) is 1.15. The van der Waals surface area contributed by atoms with E-state index in [1.165, 1.54) is 0 Å². The zero-order valence-electron chi connectivity index (χ0n) is 6.07. The molecule has 0 aliphatic heterocycles. The van der Waals surface area contributed by atoms with Crippen LogP contribution in [0, 0.1) is 10.1 Å². The molecule has 0 bridgehead atoms. The van der Waals surface area contributed by atoms with Crippen LogP contribution < -0.4 is 5.73 Å². The van der Waals surface area contributed by atoms with E-state index in [1.807, 2.05) is 6.92 Å². The van der Waals surface area contributed by atoms with Gasteiger partial charge in [0.2, 0.25) is 0 Å². The van der Waals surface area contributed by atoms with E-state index in [9.17, 15) is 10.1 Å². The highest BCUT2D eigenvalue weighted by Gasteiger charge is 1.99. The molecule has 5 nitrogen and oxygen atoms in total. The van der Waals surface area contributed by atoms with Crippen LogP contribution in [-0.2, 0) is 0 Å². The zero-order chi connectivity index (χ0) is 8.15. The van der Waals surface area contributed by atoms with Gasteiger partial charge in [-0.05, 0) is 6.92 Å². The summed E-state index contributed by atoms with van der Waals surface area (Å²) in [5.41, 5.74) is 5.27. The van der Waals surface area contributed by atoms with E-state index in [-0.39, 0.29) is 5.82 Å². The number of hydrogen-bond donors (Lipinski definition) is 1. The maximum atomic E-state index is 9.85. The average molecular weight is 145 g/mol. The van der Waals surface area contributed by atoms with Gasteiger partial charge in [0.15, 0.2) is 5.82 Å². The molecule has 0 rings (SSSR count). The zero-order valence-corrected chi connectivity index (χ0v) is 6.07. The van der Waals surface area contributed by atoms with Crippen molar-refractivity contribution in [2.75, 3.05) is 13.6 Å². The Morgan fingerprint density at radius 1 is 1.90 bits per heavy atom. The molecule has 0 atom stereocenters. The lowest BCUT2D eigenvalue weighted by Gasteiger charge is -2.13. The quantitative estimate of drug-likeness (QED) is 0.447. The maximum Gasteiger partial charge on any atom is 0.274 e. The number of hydrogen-bond acceptors (Lipinski definition) is 4. The smallest absolute Gasteiger partial charge is 0.274 e. The van der Waals surface area contributed by atoms with E-state index in [2.05, 4.69) is 0 Å². The van der Waals surface area contributed by atoms with E-state index in [0.29, 0.717) is 6.54 Å². The SMILES string of the molecule is CCN(C)C(N)=C[N+](=O)[O-]. The summed E-state index contributed by atoms with van der Waals surface area (Å²) in [4.78, 5) is 10.9. The van der Waals surface area contributed by atoms with E-state index in [4.69, 9.17) is 5.73 Å². The molecule has 0 radical (unpaired) electrons. The molecule has 0 heterocycles. The van der Waals surface area contributed by atoms with Crippen LogP contribution in [-0.4, -0.2) is 23.4 Å². The molecule has 0 aliphatic rings. The Labute approximate surface area is 59.3 Å². The summed E-state index contributed by atoms with van der Waals surface area (Å²) < 4.78 is 0. The van der Waals surface area contributed by atoms with Crippen molar-refractivity contribution in [1.82, 2.24) is 4.90 Å². The predicted octanol–water partition coefficient (Wildman–Crippen LogP) is -0.0276. The van der Waals surface area contributed by atoms with Gasteiger partial charge in [-0.1, -0.05) is 0 Å². The molecular formula is C5H11N3O2. The van der Waals surface area contributed by atoms with E-state index >= 15 is 0 Å². The number of nitrogens with two attached hydrogens (primary N) is 1. The van der Waals surface area contributed by atoms with Crippen molar-refractivity contribution in [3.8, 4) is 0 Å². The van der Waals surface area contributed by atoms with Crippen LogP contribution in [0.25, 0.3) is 0 Å². The minimum absolute atomic E-state index is 0.174. The Balaban J connectivity index is 4.04. The molecule has 5 heteroatoms. The van der Waals surface area contributed by atoms with Crippen molar-refractivity contribution in [3.63, 3.8) is 0 Å². The highest BCUT2D eigenvalue weighted by atomic mass is 16.6. The molecule has 0 fully saturated rings. The first-order valence-electron chi connectivity index (χ1n) is 2.89. The van der Waals surface area contributed by atoms with E-state index in [0.717, 1.165) is 6.20 Å². The molecule has 0 saturated carbocycles. The van der Waals surface area contributed by atoms with Crippen LogP contribution in [0.5, 0.6) is 0 Å². The largest absolute Gasteiger partial charge is 0.380 e. The lowest BCUT2D eigenvalue weighted by molar-refractivity contribution is -0.404. The lowest BCUT2D eigenvalue weighted by Crippen LogP contribution is -2.23. The Morgan fingerprint density at radius 3 is 2.70 bits per heavy atom. The summed E-state index contributed by atoms with van der Waals surface area (Å²) in [6.07, 6.45) is 0.781. The molecule has 0 aromatic heterocycles. The van der Waals surface area contributed by atoms with Crippen molar-refractivity contribution < 1.29 is 4.92 Å². The second-order valence-electron chi connectivity index (χ2n) is 1.85. The first-order chi connectivity index (χ1) is 4.57. The van der Waals surface area contributed by atoms with Gasteiger partial charge in [0, 0.05) is 13.6 Å². The molecule has 0 spiro atoms. The molecule has 0 saturated heterocycles. The van der Waals surface area contributed by atoms with Gasteiger partial charge in [0.25, 0.3) is 6.20 Å². The van der Waals surface area contributed by atoms with Gasteiger partial charge in [0.05, 0.1) is 4.92 Å². The molecular weight excluding hydrogens is 134 g/mol. The number of nitro groups is 1. The van der Waals surface area contributed by atoms with E-state index < -0.39 is 4.92 Å². The minimum Gasteiger partial charge on any atom is -0.380 e. The fourth-order valence-corrected chi connectivity index (χ4v) is 0.389. The second-order valence-corrected chi connectivity index (χ2v) is 1.85. The third kappa shape index (κ3) is 2.91. The maximum absolute atomic E-state index is 9.85. The van der Waals surface area contributed by atoms with Gasteiger partial charge >= 0.3 is 0 Å². The highest BCUT2D eigenvalue weighted by Crippen LogP contribution is 1.90. The summed E-state index contributed by atoms with van der Waals surface area (Å²) in [6, 6.07) is 0. The van der Waals surface area contributed by atoms with Crippen LogP contribution >= 0.6 is 0 Å². The summed E-state index contributed by atoms with van der Waals surface area (Å²) in [7, 11) is 1.69. The molecule has 0 amide bonds. The first-order valence-corrected chi connectivity index (χ1v) is 2.89. The van der Waals surface area contributed by atoms with Gasteiger partial charge in [-0.3, -0.25) is 10.1 Å². The first kappa shape index (κ1) is 8.74. The van der Waals surface area contributed by atoms with Crippen molar-refractivity contribution in [2.24, 2.45) is 5.73 Å². The fraction of sp³-hybridized carbons (Fsp3) is 0.600. The molecule has 0 aliphatic carbocycles. The molecule has 58 valence electrons. The molecule has 0 aromatic rings. The van der Waals surface area contributed by atoms with Gasteiger partial charge in [-0.15, -0.1) is 0 Å². The standard InChI is InChI=1S/C5H11N3O2/c1-3-7(2)5(6)4-8(9)10/h4H,3,6H2,1-2H3. The predicted molar refractivity (Wildman–Crippen MR) is 37.6 cm³/mol. The van der Waals surface area contributed by atoms with Crippen LogP contribution in [0.15, 0.2) is 12.0 Å². The van der Waals surface area contributed by atoms with Gasteiger partial charge in [-0.25, -0.2) is 0 Å². The van der Waals surface area contributed by atoms with Crippen molar-refractivity contribution in [3.05, 3.63) is 22.1 Å². The minimum atomic E-state index is -0.568. The average Bonchev–Trinajstić information content (AvgIpc) is 1.85. The summed E-state index contributed by atoms with van der Waals surface area (Å²) in [5.74, 6) is 0.174. The monoisotopic (exact) mass is 145 g/mol. The number of rotatable bonds is 3. The second kappa shape index (κ2) is 3.71. The normalized spacial score (nSPS) is 11.2. The fourth-order valence-electron chi connectivity index (χ4n) is 0.389. The van der Waals surface area contributed by atoms with Crippen molar-refractivity contribution >= 4 is 0 Å². The van der Waals surface area contributed by atoms with Gasteiger partial charge in [0.1, 0.15) is 0 Å². The van der Waals surface area contributed by atoms with E-state index in [1.54, 1.807) is 11.9 Å². The van der Waals surface area contributed by atoms with Crippen molar-refractivity contribution in [1.29, 1.82) is 0 Å². The van der Waals surface area contributed by atoms with Crippen LogP contribution in [0.2, 0.25) is 0 Å². The van der Waals surface area contributed by atoms with Crippen LogP contribution in [0.1, 0.15) is 6.92 Å². The third-order valence-electron chi connectivity index (χ3n) is 1.15. The summed E-state index contributed by atoms with van der Waals surface area (Å²) in [6.45, 7) is 2.52. The molecule has 10 heavy (non-hydrogen) atoms. The molecule has 0 aromatic carbocycles. The molecule has 0 unspecified atom stereocenters. The lowest BCUT2D eigenvalue weighted by atomic mass is 10.6. The van der Waals surface area contributed by atoms with Crippen LogP contribution in [0.4, 0.5) is 0 Å².